The van der Waals surface area contributed by atoms with Crippen molar-refractivity contribution < 1.29 is 4.74 Å². The van der Waals surface area contributed by atoms with Crippen LogP contribution in [0.3, 0.4) is 0 Å². The second-order valence-electron chi connectivity index (χ2n) is 2.71. The highest BCUT2D eigenvalue weighted by Gasteiger charge is 1.90. The summed E-state index contributed by atoms with van der Waals surface area (Å²) in [5, 5.41) is 3.13. The molecule has 0 aromatic rings. The lowest BCUT2D eigenvalue weighted by molar-refractivity contribution is 0.122. The fourth-order valence-corrected chi connectivity index (χ4v) is 0.698. The summed E-state index contributed by atoms with van der Waals surface area (Å²) in [6.07, 6.45) is 0. The summed E-state index contributed by atoms with van der Waals surface area (Å²) in [7, 11) is 4.02. The monoisotopic (exact) mass is 191 g/mol. The van der Waals surface area contributed by atoms with Gasteiger partial charge in [0.1, 0.15) is 0 Å². The molecule has 5 heteroatoms. The molecule has 0 amide bonds. The Morgan fingerprint density at radius 2 is 2.17 bits per heavy atom. The van der Waals surface area contributed by atoms with Crippen molar-refractivity contribution in [3.05, 3.63) is 0 Å². The minimum absolute atomic E-state index is 0.325. The van der Waals surface area contributed by atoms with Gasteiger partial charge in [-0.25, -0.2) is 0 Å². The predicted octanol–water partition coefficient (Wildman–Crippen LogP) is -0.602. The van der Waals surface area contributed by atoms with Gasteiger partial charge in [-0.05, 0) is 26.3 Å². The maximum absolute atomic E-state index is 5.28. The zero-order chi connectivity index (χ0) is 9.40. The highest BCUT2D eigenvalue weighted by molar-refractivity contribution is 7.80. The molecule has 0 aliphatic heterocycles. The first-order valence-corrected chi connectivity index (χ1v) is 4.29. The van der Waals surface area contributed by atoms with E-state index in [9.17, 15) is 0 Å². The number of nitrogens with one attached hydrogen (secondary N) is 1. The number of likely N-dealkylation sites (N-methyl/N-ethyl adjacent to an activating group) is 1. The first kappa shape index (κ1) is 11.6. The molecule has 0 aliphatic carbocycles. The average molecular weight is 191 g/mol. The lowest BCUT2D eigenvalue weighted by atomic mass is 10.6. The van der Waals surface area contributed by atoms with Crippen LogP contribution in [0.2, 0.25) is 0 Å². The van der Waals surface area contributed by atoms with Crippen molar-refractivity contribution in [3.63, 3.8) is 0 Å². The van der Waals surface area contributed by atoms with Gasteiger partial charge in [0.2, 0.25) is 0 Å². The Morgan fingerprint density at radius 1 is 1.50 bits per heavy atom. The van der Waals surface area contributed by atoms with Crippen molar-refractivity contribution in [3.8, 4) is 0 Å². The van der Waals surface area contributed by atoms with Gasteiger partial charge in [0.25, 0.3) is 0 Å². The van der Waals surface area contributed by atoms with Gasteiger partial charge < -0.3 is 20.7 Å². The Labute approximate surface area is 79.1 Å². The van der Waals surface area contributed by atoms with Crippen LogP contribution in [0.15, 0.2) is 0 Å². The summed E-state index contributed by atoms with van der Waals surface area (Å²) in [6, 6.07) is 0. The van der Waals surface area contributed by atoms with E-state index in [1.54, 1.807) is 0 Å². The third-order valence-electron chi connectivity index (χ3n) is 1.23. The van der Waals surface area contributed by atoms with Crippen molar-refractivity contribution >= 4 is 17.3 Å². The molecule has 0 rings (SSSR count). The van der Waals surface area contributed by atoms with Gasteiger partial charge in [0.05, 0.1) is 13.2 Å². The SMILES string of the molecule is CN(C)CCOCCNC(N)=S. The quantitative estimate of drug-likeness (QED) is 0.434. The number of nitrogens with two attached hydrogens (primary N) is 1. The number of hydrogen-bond donors (Lipinski definition) is 2. The fraction of sp³-hybridized carbons (Fsp3) is 0.857. The predicted molar refractivity (Wildman–Crippen MR) is 54.2 cm³/mol. The topological polar surface area (TPSA) is 50.5 Å². The van der Waals surface area contributed by atoms with Gasteiger partial charge in [-0.15, -0.1) is 0 Å². The number of thiocarbonyl (C=S) groups is 1. The van der Waals surface area contributed by atoms with Crippen LogP contribution in [0, 0.1) is 0 Å². The molecular weight excluding hydrogens is 174 g/mol. The lowest BCUT2D eigenvalue weighted by Gasteiger charge is -2.09. The largest absolute Gasteiger partial charge is 0.378 e. The molecule has 4 nitrogen and oxygen atoms in total. The van der Waals surface area contributed by atoms with E-state index in [2.05, 4.69) is 22.4 Å². The van der Waals surface area contributed by atoms with E-state index in [0.717, 1.165) is 13.2 Å². The Hall–Kier alpha value is -0.390. The van der Waals surface area contributed by atoms with Crippen molar-refractivity contribution in [2.75, 3.05) is 40.4 Å². The van der Waals surface area contributed by atoms with Gasteiger partial charge in [-0.2, -0.15) is 0 Å². The minimum atomic E-state index is 0.325. The zero-order valence-corrected chi connectivity index (χ0v) is 8.49. The Bertz CT molecular complexity index is 130. The minimum Gasteiger partial charge on any atom is -0.378 e. The highest BCUT2D eigenvalue weighted by atomic mass is 32.1. The van der Waals surface area contributed by atoms with Crippen LogP contribution in [-0.2, 0) is 4.74 Å². The number of rotatable bonds is 6. The summed E-state index contributed by atoms with van der Waals surface area (Å²) in [6.45, 7) is 3.01. The standard InChI is InChI=1S/C7H17N3OS/c1-10(2)4-6-11-5-3-9-7(8)12/h3-6H2,1-2H3,(H3,8,9,12). The van der Waals surface area contributed by atoms with Crippen molar-refractivity contribution in [1.82, 2.24) is 10.2 Å². The van der Waals surface area contributed by atoms with E-state index < -0.39 is 0 Å². The van der Waals surface area contributed by atoms with E-state index in [1.807, 2.05) is 14.1 Å². The molecule has 12 heavy (non-hydrogen) atoms. The van der Waals surface area contributed by atoms with Crippen molar-refractivity contribution in [2.24, 2.45) is 5.73 Å². The number of ether oxygens (including phenoxy) is 1. The number of nitrogens with zero attached hydrogens (tertiary/aromatic N) is 1. The van der Waals surface area contributed by atoms with Crippen LogP contribution in [0.25, 0.3) is 0 Å². The molecule has 0 saturated heterocycles. The van der Waals surface area contributed by atoms with E-state index in [1.165, 1.54) is 0 Å². The summed E-state index contributed by atoms with van der Waals surface area (Å²) in [5.74, 6) is 0. The third kappa shape index (κ3) is 9.61. The van der Waals surface area contributed by atoms with Crippen LogP contribution in [-0.4, -0.2) is 50.4 Å². The van der Waals surface area contributed by atoms with Crippen LogP contribution in [0.4, 0.5) is 0 Å². The molecule has 0 unspecified atom stereocenters. The molecule has 3 N–H and O–H groups in total. The van der Waals surface area contributed by atoms with E-state index in [0.29, 0.717) is 18.3 Å². The lowest BCUT2D eigenvalue weighted by Crippen LogP contribution is -2.32. The van der Waals surface area contributed by atoms with E-state index in [4.69, 9.17) is 10.5 Å². The summed E-state index contributed by atoms with van der Waals surface area (Å²) in [4.78, 5) is 2.07. The second kappa shape index (κ2) is 7.27. The third-order valence-corrected chi connectivity index (χ3v) is 1.37. The molecule has 0 bridgehead atoms. The molecule has 72 valence electrons. The van der Waals surface area contributed by atoms with Gasteiger partial charge in [-0.3, -0.25) is 0 Å². The van der Waals surface area contributed by atoms with Gasteiger partial charge in [0, 0.05) is 13.1 Å². The molecule has 0 radical (unpaired) electrons. The molecule has 0 spiro atoms. The van der Waals surface area contributed by atoms with Gasteiger partial charge in [0.15, 0.2) is 5.11 Å². The van der Waals surface area contributed by atoms with Crippen LogP contribution in [0.1, 0.15) is 0 Å². The number of hydrogen-bond acceptors (Lipinski definition) is 3. The molecule has 0 aromatic heterocycles. The van der Waals surface area contributed by atoms with Crippen molar-refractivity contribution in [1.29, 1.82) is 0 Å². The van der Waals surface area contributed by atoms with Gasteiger partial charge >= 0.3 is 0 Å². The second-order valence-corrected chi connectivity index (χ2v) is 3.15. The Balaban J connectivity index is 2.96. The molecule has 0 atom stereocenters. The normalized spacial score (nSPS) is 10.2. The molecule has 0 aromatic carbocycles. The molecule has 0 fully saturated rings. The summed E-state index contributed by atoms with van der Waals surface area (Å²) < 4.78 is 5.28. The van der Waals surface area contributed by atoms with Crippen LogP contribution >= 0.6 is 12.2 Å². The molecule has 0 heterocycles. The molecular formula is C7H17N3OS. The molecule has 0 aliphatic rings. The fourth-order valence-electron chi connectivity index (χ4n) is 0.596. The van der Waals surface area contributed by atoms with E-state index >= 15 is 0 Å². The van der Waals surface area contributed by atoms with Crippen LogP contribution < -0.4 is 11.1 Å². The first-order chi connectivity index (χ1) is 5.63. The zero-order valence-electron chi connectivity index (χ0n) is 7.67. The highest BCUT2D eigenvalue weighted by Crippen LogP contribution is 1.77. The average Bonchev–Trinajstić information content (AvgIpc) is 1.95. The maximum atomic E-state index is 5.28. The summed E-state index contributed by atoms with van der Waals surface area (Å²) >= 11 is 4.62. The smallest absolute Gasteiger partial charge is 0.163 e. The first-order valence-electron chi connectivity index (χ1n) is 3.88. The summed E-state index contributed by atoms with van der Waals surface area (Å²) in [5.41, 5.74) is 5.21. The maximum Gasteiger partial charge on any atom is 0.163 e. The van der Waals surface area contributed by atoms with Crippen molar-refractivity contribution in [2.45, 2.75) is 0 Å². The Kier molecular flexibility index (Phi) is 7.03. The molecule has 0 saturated carbocycles. The Morgan fingerprint density at radius 3 is 2.67 bits per heavy atom. The van der Waals surface area contributed by atoms with E-state index in [-0.39, 0.29) is 0 Å². The van der Waals surface area contributed by atoms with Crippen LogP contribution in [0.5, 0.6) is 0 Å². The van der Waals surface area contributed by atoms with Gasteiger partial charge in [-0.1, -0.05) is 0 Å².